The number of nitrogens with one attached hydrogen (secondary N) is 2. The maximum atomic E-state index is 13.2. The molecule has 2 amide bonds. The smallest absolute Gasteiger partial charge is 0.255 e. The summed E-state index contributed by atoms with van der Waals surface area (Å²) in [6, 6.07) is 14.7. The number of rotatable bonds is 9. The minimum Gasteiger partial charge on any atom is -0.493 e. The van der Waals surface area contributed by atoms with Crippen molar-refractivity contribution in [3.8, 4) is 17.6 Å². The van der Waals surface area contributed by atoms with Crippen LogP contribution in [0.15, 0.2) is 47.4 Å². The Morgan fingerprint density at radius 3 is 2.59 bits per heavy atom. The zero-order valence-corrected chi connectivity index (χ0v) is 22.7. The Labute approximate surface area is 225 Å². The zero-order chi connectivity index (χ0) is 26.4. The van der Waals surface area contributed by atoms with Crippen LogP contribution in [0.1, 0.15) is 52.5 Å². The minimum atomic E-state index is -0.345. The molecule has 9 heteroatoms. The average Bonchev–Trinajstić information content (AvgIpc) is 3.28. The number of aryl methyl sites for hydroxylation is 1. The second kappa shape index (κ2) is 12.2. The van der Waals surface area contributed by atoms with Gasteiger partial charge in [0.2, 0.25) is 5.91 Å². The lowest BCUT2D eigenvalue weighted by molar-refractivity contribution is -0.115. The standard InChI is InChI=1S/C28H29N3O4S2/c1-4-24(27(33)31-28-21(16-29)20-10-5-6-11-25(20)37-28)36-19-9-7-8-18(15-19)30-26(32)17-12-13-22(34-2)23(14-17)35-3/h7-9,12-15,24H,4-6,10-11H2,1-3H3,(H,30,32)(H,31,33). The first-order chi connectivity index (χ1) is 18.0. The molecular formula is C28H29N3O4S2. The third-order valence-corrected chi connectivity index (χ3v) is 8.76. The maximum Gasteiger partial charge on any atom is 0.255 e. The van der Waals surface area contributed by atoms with Crippen molar-refractivity contribution < 1.29 is 19.1 Å². The number of hydrogen-bond donors (Lipinski definition) is 2. The summed E-state index contributed by atoms with van der Waals surface area (Å²) in [5.41, 5.74) is 2.78. The van der Waals surface area contributed by atoms with Gasteiger partial charge >= 0.3 is 0 Å². The third kappa shape index (κ3) is 6.09. The largest absolute Gasteiger partial charge is 0.493 e. The van der Waals surface area contributed by atoms with Gasteiger partial charge in [-0.25, -0.2) is 0 Å². The number of carbonyl (C=O) groups excluding carboxylic acids is 2. The van der Waals surface area contributed by atoms with Gasteiger partial charge in [0.1, 0.15) is 11.1 Å². The molecule has 0 saturated heterocycles. The predicted octanol–water partition coefficient (Wildman–Crippen LogP) is 6.28. The van der Waals surface area contributed by atoms with Crippen molar-refractivity contribution in [1.29, 1.82) is 5.26 Å². The molecule has 0 bridgehead atoms. The highest BCUT2D eigenvalue weighted by atomic mass is 32.2. The number of methoxy groups -OCH3 is 2. The highest BCUT2D eigenvalue weighted by Crippen LogP contribution is 2.38. The number of nitriles is 1. The lowest BCUT2D eigenvalue weighted by Gasteiger charge is -2.15. The van der Waals surface area contributed by atoms with Crippen molar-refractivity contribution in [3.05, 3.63) is 64.0 Å². The highest BCUT2D eigenvalue weighted by Gasteiger charge is 2.25. The molecule has 0 saturated carbocycles. The van der Waals surface area contributed by atoms with E-state index >= 15 is 0 Å². The van der Waals surface area contributed by atoms with Crippen molar-refractivity contribution in [2.45, 2.75) is 49.2 Å². The van der Waals surface area contributed by atoms with Crippen molar-refractivity contribution in [1.82, 2.24) is 0 Å². The first-order valence-corrected chi connectivity index (χ1v) is 13.8. The number of thioether (sulfide) groups is 1. The third-order valence-electron chi connectivity index (χ3n) is 6.20. The lowest BCUT2D eigenvalue weighted by atomic mass is 9.96. The molecule has 4 rings (SSSR count). The summed E-state index contributed by atoms with van der Waals surface area (Å²) in [5.74, 6) is 0.620. The van der Waals surface area contributed by atoms with E-state index < -0.39 is 0 Å². The second-order valence-electron chi connectivity index (χ2n) is 8.58. The van der Waals surface area contributed by atoms with Crippen molar-refractivity contribution >= 4 is 45.6 Å². The molecular weight excluding hydrogens is 506 g/mol. The Hall–Kier alpha value is -3.48. The zero-order valence-electron chi connectivity index (χ0n) is 21.1. The minimum absolute atomic E-state index is 0.123. The summed E-state index contributed by atoms with van der Waals surface area (Å²) >= 11 is 2.97. The van der Waals surface area contributed by atoms with E-state index in [1.54, 1.807) is 31.4 Å². The van der Waals surface area contributed by atoms with Gasteiger partial charge in [0.25, 0.3) is 5.91 Å². The van der Waals surface area contributed by atoms with Gasteiger partial charge in [0.15, 0.2) is 11.5 Å². The summed E-state index contributed by atoms with van der Waals surface area (Å²) in [4.78, 5) is 28.1. The summed E-state index contributed by atoms with van der Waals surface area (Å²) in [7, 11) is 3.06. The molecule has 1 atom stereocenters. The topological polar surface area (TPSA) is 100 Å². The van der Waals surface area contributed by atoms with Gasteiger partial charge in [-0.3, -0.25) is 9.59 Å². The van der Waals surface area contributed by atoms with E-state index in [-0.39, 0.29) is 17.1 Å². The van der Waals surface area contributed by atoms with Crippen LogP contribution >= 0.6 is 23.1 Å². The van der Waals surface area contributed by atoms with Crippen LogP contribution in [0.3, 0.4) is 0 Å². The molecule has 0 spiro atoms. The van der Waals surface area contributed by atoms with Gasteiger partial charge in [-0.1, -0.05) is 13.0 Å². The number of ether oxygens (including phenoxy) is 2. The SMILES string of the molecule is CCC(Sc1cccc(NC(=O)c2ccc(OC)c(OC)c2)c1)C(=O)Nc1sc2c(c1C#N)CCCC2. The van der Waals surface area contributed by atoms with Crippen LogP contribution < -0.4 is 20.1 Å². The van der Waals surface area contributed by atoms with Crippen LogP contribution in [-0.2, 0) is 17.6 Å². The second-order valence-corrected chi connectivity index (χ2v) is 11.0. The van der Waals surface area contributed by atoms with E-state index in [0.29, 0.717) is 39.7 Å². The van der Waals surface area contributed by atoms with Crippen LogP contribution in [0, 0.1) is 11.3 Å². The fraction of sp³-hybridized carbons (Fsp3) is 0.321. The number of hydrogen-bond acceptors (Lipinski definition) is 7. The number of fused-ring (bicyclic) bond motifs is 1. The number of carbonyl (C=O) groups is 2. The maximum absolute atomic E-state index is 13.2. The Kier molecular flexibility index (Phi) is 8.74. The molecule has 1 aliphatic carbocycles. The van der Waals surface area contributed by atoms with Gasteiger partial charge in [0.05, 0.1) is 25.0 Å². The van der Waals surface area contributed by atoms with E-state index in [0.717, 1.165) is 36.1 Å². The number of anilines is 2. The highest BCUT2D eigenvalue weighted by molar-refractivity contribution is 8.00. The van der Waals surface area contributed by atoms with Crippen LogP contribution in [0.25, 0.3) is 0 Å². The summed E-state index contributed by atoms with van der Waals surface area (Å²) in [6.45, 7) is 1.96. The summed E-state index contributed by atoms with van der Waals surface area (Å²) in [6.07, 6.45) is 4.69. The Morgan fingerprint density at radius 1 is 1.08 bits per heavy atom. The van der Waals surface area contributed by atoms with Crippen LogP contribution in [0.4, 0.5) is 10.7 Å². The molecule has 192 valence electrons. The molecule has 3 aromatic rings. The molecule has 2 aromatic carbocycles. The van der Waals surface area contributed by atoms with E-state index in [1.807, 2.05) is 25.1 Å². The number of nitrogens with zero attached hydrogens (tertiary/aromatic N) is 1. The Morgan fingerprint density at radius 2 is 1.86 bits per heavy atom. The van der Waals surface area contributed by atoms with Gasteiger partial charge in [-0.05, 0) is 74.1 Å². The first-order valence-electron chi connectivity index (χ1n) is 12.1. The fourth-order valence-electron chi connectivity index (χ4n) is 4.28. The fourth-order valence-corrected chi connectivity index (χ4v) is 6.53. The quantitative estimate of drug-likeness (QED) is 0.313. The molecule has 7 nitrogen and oxygen atoms in total. The normalized spacial score (nSPS) is 13.1. The number of benzene rings is 2. The van der Waals surface area contributed by atoms with E-state index in [2.05, 4.69) is 16.7 Å². The average molecular weight is 536 g/mol. The number of amides is 2. The van der Waals surface area contributed by atoms with Crippen molar-refractivity contribution in [3.63, 3.8) is 0 Å². The van der Waals surface area contributed by atoms with Gasteiger partial charge < -0.3 is 20.1 Å². The monoisotopic (exact) mass is 535 g/mol. The molecule has 1 heterocycles. The summed E-state index contributed by atoms with van der Waals surface area (Å²) in [5, 5.41) is 15.9. The van der Waals surface area contributed by atoms with Crippen LogP contribution in [0.2, 0.25) is 0 Å². The Balaban J connectivity index is 1.44. The molecule has 1 unspecified atom stereocenters. The van der Waals surface area contributed by atoms with Crippen LogP contribution in [-0.4, -0.2) is 31.3 Å². The molecule has 0 aliphatic heterocycles. The molecule has 1 aliphatic rings. The molecule has 2 N–H and O–H groups in total. The van der Waals surface area contributed by atoms with Gasteiger partial charge in [0, 0.05) is 21.0 Å². The van der Waals surface area contributed by atoms with E-state index in [1.165, 1.54) is 35.1 Å². The lowest BCUT2D eigenvalue weighted by Crippen LogP contribution is -2.24. The van der Waals surface area contributed by atoms with Crippen molar-refractivity contribution in [2.24, 2.45) is 0 Å². The number of thiophene rings is 1. The van der Waals surface area contributed by atoms with Crippen LogP contribution in [0.5, 0.6) is 11.5 Å². The Bertz CT molecular complexity index is 1350. The predicted molar refractivity (Wildman–Crippen MR) is 148 cm³/mol. The molecule has 0 fully saturated rings. The molecule has 1 aromatic heterocycles. The van der Waals surface area contributed by atoms with Gasteiger partial charge in [-0.15, -0.1) is 23.1 Å². The van der Waals surface area contributed by atoms with Crippen molar-refractivity contribution in [2.75, 3.05) is 24.9 Å². The van der Waals surface area contributed by atoms with E-state index in [9.17, 15) is 14.9 Å². The van der Waals surface area contributed by atoms with E-state index in [4.69, 9.17) is 9.47 Å². The molecule has 37 heavy (non-hydrogen) atoms. The summed E-state index contributed by atoms with van der Waals surface area (Å²) < 4.78 is 10.5. The first kappa shape index (κ1) is 26.6. The molecule has 0 radical (unpaired) electrons. The van der Waals surface area contributed by atoms with Gasteiger partial charge in [-0.2, -0.15) is 5.26 Å².